The molecule has 2 heterocycles. The number of non-ortho nitro benzene ring substituents is 1. The van der Waals surface area contributed by atoms with Crippen LogP contribution in [-0.4, -0.2) is 50.4 Å². The molecule has 0 bridgehead atoms. The van der Waals surface area contributed by atoms with E-state index in [1.165, 1.54) is 75.7 Å². The van der Waals surface area contributed by atoms with Crippen LogP contribution in [0, 0.1) is 10.1 Å². The number of carbonyl (C=O) groups excluding carboxylic acids is 1. The van der Waals surface area contributed by atoms with Gasteiger partial charge in [0, 0.05) is 12.1 Å². The molecule has 0 amide bonds. The molecule has 0 saturated heterocycles. The third kappa shape index (κ3) is 8.19. The summed E-state index contributed by atoms with van der Waals surface area (Å²) in [6.07, 6.45) is 12.0. The molecule has 11 heteroatoms. The number of benzene rings is 1. The Morgan fingerprint density at radius 3 is 2.29 bits per heavy atom. The number of thioether (sulfide) groups is 1. The molecule has 0 aliphatic heterocycles. The fraction of sp³-hybridized carbons (Fsp3) is 0.556. The van der Waals surface area contributed by atoms with Crippen molar-refractivity contribution in [1.82, 2.24) is 9.38 Å². The van der Waals surface area contributed by atoms with E-state index in [-0.39, 0.29) is 12.3 Å². The molecular weight excluding hydrogens is 627 g/mol. The van der Waals surface area contributed by atoms with Gasteiger partial charge in [0.25, 0.3) is 5.69 Å². The van der Waals surface area contributed by atoms with Crippen LogP contribution in [0.2, 0.25) is 13.3 Å². The van der Waals surface area contributed by atoms with E-state index < -0.39 is 35.3 Å². The third-order valence-electron chi connectivity index (χ3n) is 6.96. The van der Waals surface area contributed by atoms with Crippen LogP contribution >= 0.6 is 23.1 Å². The van der Waals surface area contributed by atoms with Gasteiger partial charge in [0.2, 0.25) is 0 Å². The standard InChI is InChI=1S/C15H13N4O4S2.3C4H9.Sn/c16-12(8-25-13-14-18(9-17-13)5-6-24-14)15(20)23-7-10-1-3-11(4-2-10)19(21)22;3*1-3-4-2;/h1-5,9,12H,7-8,16H2;3*1,3-4H2,2H3;. The monoisotopic (exact) mass is 668 g/mol. The van der Waals surface area contributed by atoms with E-state index >= 15 is 0 Å². The second kappa shape index (κ2) is 15.2. The number of esters is 1. The van der Waals surface area contributed by atoms with Crippen molar-refractivity contribution < 1.29 is 14.5 Å². The molecule has 0 radical (unpaired) electrons. The Balaban J connectivity index is 1.66. The second-order valence-corrected chi connectivity index (χ2v) is 26.1. The van der Waals surface area contributed by atoms with Crippen molar-refractivity contribution in [2.24, 2.45) is 5.73 Å². The second-order valence-electron chi connectivity index (χ2n) is 9.90. The van der Waals surface area contributed by atoms with Crippen molar-refractivity contribution in [2.75, 3.05) is 5.75 Å². The van der Waals surface area contributed by atoms with Gasteiger partial charge in [-0.05, 0) is 0 Å². The van der Waals surface area contributed by atoms with Gasteiger partial charge in [-0.3, -0.25) is 10.1 Å². The first-order chi connectivity index (χ1) is 18.3. The van der Waals surface area contributed by atoms with Crippen molar-refractivity contribution in [3.05, 3.63) is 52.5 Å². The zero-order valence-corrected chi connectivity index (χ0v) is 27.2. The Labute approximate surface area is 237 Å². The third-order valence-corrected chi connectivity index (χ3v) is 27.5. The van der Waals surface area contributed by atoms with E-state index in [0.29, 0.717) is 11.3 Å². The topological polar surface area (TPSA) is 113 Å². The summed E-state index contributed by atoms with van der Waals surface area (Å²) in [7, 11) is 0. The number of aromatic nitrogens is 2. The molecular formula is C27H40N4O4S2Sn. The number of hydrogen-bond acceptors (Lipinski definition) is 8. The van der Waals surface area contributed by atoms with Gasteiger partial charge < -0.3 is 0 Å². The summed E-state index contributed by atoms with van der Waals surface area (Å²) in [6, 6.07) is 5.16. The summed E-state index contributed by atoms with van der Waals surface area (Å²) in [6.45, 7) is 6.93. The number of rotatable bonds is 17. The van der Waals surface area contributed by atoms with Crippen LogP contribution in [0.15, 0.2) is 41.8 Å². The number of carbonyl (C=O) groups is 1. The Kier molecular flexibility index (Phi) is 12.4. The molecule has 2 N–H and O–H groups in total. The molecule has 0 aliphatic rings. The van der Waals surface area contributed by atoms with Gasteiger partial charge in [0.15, 0.2) is 0 Å². The molecule has 1 aromatic carbocycles. The molecule has 1 atom stereocenters. The van der Waals surface area contributed by atoms with Gasteiger partial charge in [-0.1, -0.05) is 0 Å². The van der Waals surface area contributed by atoms with Crippen LogP contribution in [-0.2, 0) is 16.1 Å². The summed E-state index contributed by atoms with van der Waals surface area (Å²) < 4.78 is 13.5. The SMILES string of the molecule is CCC[CH2][Sn]([CH2]CCC)([CH2]CCC)[c]1cn2cnc(SCC(N)C(=O)OCc3ccc([N+](=O)[O-])cc3)c2s1. The fourth-order valence-corrected chi connectivity index (χ4v) is 25.7. The average Bonchev–Trinajstić information content (AvgIpc) is 3.52. The minimum absolute atomic E-state index is 0.00124. The number of nitro groups is 1. The number of imidazole rings is 1. The van der Waals surface area contributed by atoms with Gasteiger partial charge >= 0.3 is 206 Å². The number of unbranched alkanes of at least 4 members (excludes halogenated alkanes) is 3. The molecule has 0 spiro atoms. The van der Waals surface area contributed by atoms with Crippen LogP contribution in [0.1, 0.15) is 64.9 Å². The number of fused-ring (bicyclic) bond motifs is 1. The van der Waals surface area contributed by atoms with Gasteiger partial charge in [0.1, 0.15) is 0 Å². The summed E-state index contributed by atoms with van der Waals surface area (Å²) in [4.78, 5) is 28.6. The first kappa shape index (κ1) is 30.9. The fourth-order valence-electron chi connectivity index (χ4n) is 4.62. The quantitative estimate of drug-likeness (QED) is 0.0574. The molecule has 0 saturated carbocycles. The van der Waals surface area contributed by atoms with Crippen LogP contribution in [0.25, 0.3) is 4.83 Å². The number of nitrogens with two attached hydrogens (primary N) is 1. The predicted octanol–water partition coefficient (Wildman–Crippen LogP) is 6.52. The zero-order chi connectivity index (χ0) is 27.5. The molecule has 0 aliphatic carbocycles. The van der Waals surface area contributed by atoms with Crippen LogP contribution < -0.4 is 8.63 Å². The molecule has 3 rings (SSSR count). The van der Waals surface area contributed by atoms with Gasteiger partial charge in [-0.25, -0.2) is 0 Å². The molecule has 38 heavy (non-hydrogen) atoms. The average molecular weight is 667 g/mol. The van der Waals surface area contributed by atoms with E-state index in [4.69, 9.17) is 10.5 Å². The van der Waals surface area contributed by atoms with Crippen molar-refractivity contribution >= 4 is 60.9 Å². The maximum atomic E-state index is 12.5. The van der Waals surface area contributed by atoms with Crippen molar-refractivity contribution in [3.63, 3.8) is 0 Å². The summed E-state index contributed by atoms with van der Waals surface area (Å²) in [5.74, 6) is -0.123. The van der Waals surface area contributed by atoms with Crippen LogP contribution in [0.5, 0.6) is 0 Å². The van der Waals surface area contributed by atoms with Gasteiger partial charge in [-0.15, -0.1) is 0 Å². The molecule has 1 unspecified atom stereocenters. The summed E-state index contributed by atoms with van der Waals surface area (Å²) >= 11 is 0.904. The maximum absolute atomic E-state index is 12.5. The van der Waals surface area contributed by atoms with E-state index in [1.807, 2.05) is 17.7 Å². The Morgan fingerprint density at radius 1 is 1.13 bits per heavy atom. The molecule has 2 aromatic heterocycles. The van der Waals surface area contributed by atoms with Gasteiger partial charge in [-0.2, -0.15) is 0 Å². The number of hydrogen-bond donors (Lipinski definition) is 1. The zero-order valence-electron chi connectivity index (χ0n) is 22.7. The molecule has 8 nitrogen and oxygen atoms in total. The molecule has 3 aromatic rings. The normalized spacial score (nSPS) is 12.6. The van der Waals surface area contributed by atoms with Crippen molar-refractivity contribution in [3.8, 4) is 0 Å². The minimum atomic E-state index is -2.52. The van der Waals surface area contributed by atoms with E-state index in [9.17, 15) is 14.9 Å². The predicted molar refractivity (Wildman–Crippen MR) is 159 cm³/mol. The number of thiazole rings is 1. The van der Waals surface area contributed by atoms with E-state index in [1.54, 1.807) is 15.0 Å². The number of ether oxygens (including phenoxy) is 1. The van der Waals surface area contributed by atoms with E-state index in [0.717, 1.165) is 9.86 Å². The van der Waals surface area contributed by atoms with E-state index in [2.05, 4.69) is 36.4 Å². The van der Waals surface area contributed by atoms with Crippen LogP contribution in [0.4, 0.5) is 5.69 Å². The first-order valence-corrected chi connectivity index (χ1v) is 22.9. The van der Waals surface area contributed by atoms with Crippen molar-refractivity contribution in [1.29, 1.82) is 0 Å². The van der Waals surface area contributed by atoms with Crippen LogP contribution in [0.3, 0.4) is 0 Å². The van der Waals surface area contributed by atoms with Gasteiger partial charge in [0.05, 0.1) is 4.92 Å². The molecule has 0 fully saturated rings. The van der Waals surface area contributed by atoms with Crippen molar-refractivity contribution in [2.45, 2.75) is 90.3 Å². The summed E-state index contributed by atoms with van der Waals surface area (Å²) in [5.41, 5.74) is 6.81. The Morgan fingerprint density at radius 2 is 1.74 bits per heavy atom. The molecule has 208 valence electrons. The summed E-state index contributed by atoms with van der Waals surface area (Å²) in [5, 5.41) is 11.7. The number of nitrogens with zero attached hydrogens (tertiary/aromatic N) is 3. The Hall–Kier alpha value is -1.63. The first-order valence-electron chi connectivity index (χ1n) is 13.6. The number of nitro benzene ring substituents is 1. The Bertz CT molecular complexity index is 1160.